The van der Waals surface area contributed by atoms with E-state index in [9.17, 15) is 0 Å². The van der Waals surface area contributed by atoms with Crippen LogP contribution in [0.15, 0.2) is 0 Å². The maximum Gasteiger partial charge on any atom is 0 e. The Morgan fingerprint density at radius 1 is 0.267 bits per heavy atom. The Morgan fingerprint density at radius 2 is 0.267 bits per heavy atom. The summed E-state index contributed by atoms with van der Waals surface area (Å²) in [5.41, 5.74) is 0. The Bertz CT molecular complexity index is 112. The van der Waals surface area contributed by atoms with Gasteiger partial charge >= 0.3 is 79.1 Å². The molecule has 0 saturated carbocycles. The zero-order chi connectivity index (χ0) is 14.0. The minimum absolute atomic E-state index is 0. The zero-order valence-electron chi connectivity index (χ0n) is 6.80. The molecule has 75 valence electrons. The van der Waals surface area contributed by atoms with E-state index in [0.29, 0.717) is 0 Å². The molecule has 0 aliphatic carbocycles. The van der Waals surface area contributed by atoms with E-state index in [4.69, 9.17) is 32.6 Å². The van der Waals surface area contributed by atoms with Crippen LogP contribution in [0.3, 0.4) is 0 Å². The van der Waals surface area contributed by atoms with E-state index < -0.39 is 0 Å². The average Bonchev–Trinajstić information content (AvgIpc) is 2.45. The van der Waals surface area contributed by atoms with E-state index in [2.05, 4.69) is 46.6 Å². The van der Waals surface area contributed by atoms with Gasteiger partial charge in [-0.2, -0.15) is 0 Å². The Morgan fingerprint density at radius 3 is 0.267 bits per heavy atom. The zero-order valence-corrected chi connectivity index (χ0v) is 10.0. The standard InChI is InChI=1S/7CO.Ta/c7*1-2;. The molecule has 0 aromatic rings. The Balaban J connectivity index is -0.00000000628. The predicted molar refractivity (Wildman–Crippen MR) is 27.5 cm³/mol. The first-order valence-corrected chi connectivity index (χ1v) is 1.43. The summed E-state index contributed by atoms with van der Waals surface area (Å²) in [6.45, 7) is 31.5. The van der Waals surface area contributed by atoms with Gasteiger partial charge in [0.1, 0.15) is 0 Å². The van der Waals surface area contributed by atoms with Gasteiger partial charge in [0.05, 0.1) is 0 Å². The quantitative estimate of drug-likeness (QED) is 0.405. The third-order valence-electron chi connectivity index (χ3n) is 0. The normalized spacial score (nSPS) is 0.933. The fourth-order valence-corrected chi connectivity index (χ4v) is 0. The molecule has 0 amide bonds. The maximum absolute atomic E-state index is 7.50. The Hall–Kier alpha value is -1.08. The third kappa shape index (κ3) is 1320. The molecule has 0 heterocycles. The molecule has 0 rings (SSSR count). The summed E-state index contributed by atoms with van der Waals surface area (Å²) in [7, 11) is 0. The molecule has 0 unspecified atom stereocenters. The first-order valence-electron chi connectivity index (χ1n) is 1.43. The van der Waals surface area contributed by atoms with E-state index in [1.54, 1.807) is 0 Å². The van der Waals surface area contributed by atoms with E-state index >= 15 is 0 Å². The summed E-state index contributed by atoms with van der Waals surface area (Å²) < 4.78 is 52.5. The van der Waals surface area contributed by atoms with Crippen molar-refractivity contribution in [3.05, 3.63) is 46.6 Å². The molecule has 8 heteroatoms. The first-order chi connectivity index (χ1) is 7.00. The van der Waals surface area contributed by atoms with Gasteiger partial charge in [0.15, 0.2) is 0 Å². The molecule has 0 aliphatic heterocycles. The molecule has 1 radical (unpaired) electrons. The first kappa shape index (κ1) is 66.3. The van der Waals surface area contributed by atoms with Gasteiger partial charge in [-0.15, -0.1) is 0 Å². The minimum Gasteiger partial charge on any atom is 0 e. The fourth-order valence-electron chi connectivity index (χ4n) is 0. The molecule has 15 heavy (non-hydrogen) atoms. The van der Waals surface area contributed by atoms with Gasteiger partial charge in [0.2, 0.25) is 0 Å². The van der Waals surface area contributed by atoms with Gasteiger partial charge in [-0.25, -0.2) is 0 Å². The minimum atomic E-state index is 0. The molecule has 0 aromatic heterocycles. The van der Waals surface area contributed by atoms with Crippen molar-refractivity contribution in [3.63, 3.8) is 0 Å². The average molecular weight is 377 g/mol. The molecule has 0 saturated heterocycles. The number of rotatable bonds is 0. The molecule has 0 fully saturated rings. The Labute approximate surface area is 102 Å². The van der Waals surface area contributed by atoms with Crippen molar-refractivity contribution in [2.45, 2.75) is 0 Å². The Kier molecular flexibility index (Phi) is 6960. The molecule has 0 N–H and O–H groups in total. The van der Waals surface area contributed by atoms with Gasteiger partial charge in [-0.3, -0.25) is 0 Å². The van der Waals surface area contributed by atoms with Crippen LogP contribution in [0.25, 0.3) is 0 Å². The van der Waals surface area contributed by atoms with Crippen molar-refractivity contribution in [1.29, 1.82) is 0 Å². The van der Waals surface area contributed by atoms with Crippen molar-refractivity contribution >= 4 is 0 Å². The summed E-state index contributed by atoms with van der Waals surface area (Å²) in [6.07, 6.45) is 0. The van der Waals surface area contributed by atoms with E-state index in [-0.39, 0.29) is 22.4 Å². The van der Waals surface area contributed by atoms with Crippen molar-refractivity contribution in [2.24, 2.45) is 0 Å². The van der Waals surface area contributed by atoms with Crippen LogP contribution in [0.1, 0.15) is 0 Å². The van der Waals surface area contributed by atoms with Crippen molar-refractivity contribution in [2.75, 3.05) is 0 Å². The summed E-state index contributed by atoms with van der Waals surface area (Å²) in [5, 5.41) is 0. The molecular weight excluding hydrogens is 377 g/mol. The number of hydrogen-bond donors (Lipinski definition) is 0. The smallest absolute Gasteiger partial charge is 0 e. The van der Waals surface area contributed by atoms with Crippen LogP contribution in [-0.4, -0.2) is 0 Å². The second-order valence-electron chi connectivity index (χ2n) is 0. The van der Waals surface area contributed by atoms with Crippen LogP contribution in [0.4, 0.5) is 0 Å². The van der Waals surface area contributed by atoms with E-state index in [0.717, 1.165) is 0 Å². The molecule has 0 spiro atoms. The van der Waals surface area contributed by atoms with Gasteiger partial charge < -0.3 is 0 Å². The largest absolute Gasteiger partial charge is 0 e. The topological polar surface area (TPSA) is 139 Å². The molecule has 0 bridgehead atoms. The van der Waals surface area contributed by atoms with Crippen molar-refractivity contribution in [1.82, 2.24) is 0 Å². The van der Waals surface area contributed by atoms with Crippen LogP contribution in [0.2, 0.25) is 0 Å². The van der Waals surface area contributed by atoms with E-state index in [1.807, 2.05) is 0 Å². The summed E-state index contributed by atoms with van der Waals surface area (Å²) in [5.74, 6) is 0. The van der Waals surface area contributed by atoms with Crippen molar-refractivity contribution < 1.29 is 54.9 Å². The predicted octanol–water partition coefficient (Wildman–Crippen LogP) is -0.265. The SMILES string of the molecule is [C-]#[O+].[C-]#[O+].[C-]#[O+].[C-]#[O+].[C-]#[O+].[C-]#[O+].[C-]#[O+].[Ta]. The third-order valence-corrected chi connectivity index (χ3v) is 0. The van der Waals surface area contributed by atoms with Crippen LogP contribution in [0.5, 0.6) is 0 Å². The molecular formula is C7O7Ta. The van der Waals surface area contributed by atoms with Gasteiger partial charge in [0, 0.05) is 22.4 Å². The van der Waals surface area contributed by atoms with Gasteiger partial charge in [0.25, 0.3) is 0 Å². The molecule has 0 aromatic carbocycles. The molecule has 0 aliphatic rings. The monoisotopic (exact) mass is 377 g/mol. The summed E-state index contributed by atoms with van der Waals surface area (Å²) >= 11 is 0. The van der Waals surface area contributed by atoms with Crippen molar-refractivity contribution in [3.8, 4) is 0 Å². The summed E-state index contributed by atoms with van der Waals surface area (Å²) in [4.78, 5) is 0. The van der Waals surface area contributed by atoms with Gasteiger partial charge in [-0.1, -0.05) is 0 Å². The molecule has 7 nitrogen and oxygen atoms in total. The van der Waals surface area contributed by atoms with E-state index in [1.165, 1.54) is 0 Å². The fraction of sp³-hybridized carbons (Fsp3) is 0. The van der Waals surface area contributed by atoms with Crippen LogP contribution >= 0.6 is 0 Å². The van der Waals surface area contributed by atoms with Crippen LogP contribution in [0, 0.1) is 46.6 Å². The summed E-state index contributed by atoms with van der Waals surface area (Å²) in [6, 6.07) is 0. The second kappa shape index (κ2) is 1570. The second-order valence-corrected chi connectivity index (χ2v) is 0. The maximum atomic E-state index is 7.50. The van der Waals surface area contributed by atoms with Gasteiger partial charge in [-0.05, 0) is 0 Å². The van der Waals surface area contributed by atoms with Crippen LogP contribution < -0.4 is 0 Å². The van der Waals surface area contributed by atoms with Crippen LogP contribution in [-0.2, 0) is 54.9 Å². The molecule has 0 atom stereocenters. The number of hydrogen-bond acceptors (Lipinski definition) is 0.